The average Bonchev–Trinajstić information content (AvgIpc) is 2.57. The smallest absolute Gasteiger partial charge is 0.338 e. The maximum atomic E-state index is 13.4. The van der Waals surface area contributed by atoms with Crippen LogP contribution in [-0.4, -0.2) is 29.6 Å². The number of alkyl halides is 3. The van der Waals surface area contributed by atoms with Crippen molar-refractivity contribution in [2.75, 3.05) is 6.61 Å². The quantitative estimate of drug-likeness (QED) is 0.622. The van der Waals surface area contributed by atoms with E-state index < -0.39 is 23.0 Å². The molecule has 1 aromatic carbocycles. The van der Waals surface area contributed by atoms with Gasteiger partial charge in [-0.25, -0.2) is 4.79 Å². The van der Waals surface area contributed by atoms with Crippen LogP contribution in [0.25, 0.3) is 0 Å². The molecule has 0 radical (unpaired) electrons. The number of hydrogen-bond acceptors (Lipinski definition) is 3. The standard InChI is InChI=1S/C11H9BrF2O3/c12-10-11(13,14)8(6-16-10)17-9(15)7-4-2-1-3-5-7/h1-5,8,10H,6H2/t8-,10+/m1/s1. The van der Waals surface area contributed by atoms with Crippen molar-refractivity contribution in [2.45, 2.75) is 17.0 Å². The van der Waals surface area contributed by atoms with E-state index in [4.69, 9.17) is 9.47 Å². The molecule has 0 bridgehead atoms. The number of halogens is 3. The summed E-state index contributed by atoms with van der Waals surface area (Å²) in [4.78, 5) is 11.6. The largest absolute Gasteiger partial charge is 0.450 e. The summed E-state index contributed by atoms with van der Waals surface area (Å²) in [6.45, 7) is -0.318. The van der Waals surface area contributed by atoms with Gasteiger partial charge in [-0.05, 0) is 12.1 Å². The Bertz CT molecular complexity index is 410. The molecular weight excluding hydrogens is 298 g/mol. The lowest BCUT2D eigenvalue weighted by Gasteiger charge is -2.19. The van der Waals surface area contributed by atoms with E-state index in [1.807, 2.05) is 0 Å². The first-order valence-electron chi connectivity index (χ1n) is 4.91. The predicted molar refractivity (Wildman–Crippen MR) is 59.3 cm³/mol. The summed E-state index contributed by atoms with van der Waals surface area (Å²) in [6, 6.07) is 7.99. The van der Waals surface area contributed by atoms with Crippen LogP contribution in [0.15, 0.2) is 30.3 Å². The lowest BCUT2D eigenvalue weighted by Crippen LogP contribution is -2.38. The van der Waals surface area contributed by atoms with E-state index in [9.17, 15) is 13.6 Å². The fraction of sp³-hybridized carbons (Fsp3) is 0.364. The summed E-state index contributed by atoms with van der Waals surface area (Å²) in [6.07, 6.45) is -1.56. The van der Waals surface area contributed by atoms with Crippen LogP contribution < -0.4 is 0 Å². The van der Waals surface area contributed by atoms with Gasteiger partial charge in [0.1, 0.15) is 0 Å². The maximum absolute atomic E-state index is 13.4. The van der Waals surface area contributed by atoms with Gasteiger partial charge in [0.2, 0.25) is 0 Å². The molecule has 1 fully saturated rings. The molecule has 2 atom stereocenters. The van der Waals surface area contributed by atoms with Crippen molar-refractivity contribution in [3.8, 4) is 0 Å². The van der Waals surface area contributed by atoms with Crippen molar-refractivity contribution in [3.63, 3.8) is 0 Å². The Morgan fingerprint density at radius 1 is 1.41 bits per heavy atom. The van der Waals surface area contributed by atoms with Crippen LogP contribution in [-0.2, 0) is 9.47 Å². The fourth-order valence-electron chi connectivity index (χ4n) is 1.42. The summed E-state index contributed by atoms with van der Waals surface area (Å²) >= 11 is 2.68. The third-order valence-electron chi connectivity index (χ3n) is 2.38. The molecule has 0 unspecified atom stereocenters. The second-order valence-electron chi connectivity index (χ2n) is 3.58. The Balaban J connectivity index is 2.06. The number of hydrogen-bond donors (Lipinski definition) is 0. The molecule has 3 nitrogen and oxygen atoms in total. The van der Waals surface area contributed by atoms with E-state index in [-0.39, 0.29) is 12.2 Å². The number of esters is 1. The molecule has 6 heteroatoms. The minimum absolute atomic E-state index is 0.237. The third-order valence-corrected chi connectivity index (χ3v) is 3.26. The van der Waals surface area contributed by atoms with Crippen molar-refractivity contribution in [1.82, 2.24) is 0 Å². The molecule has 0 saturated carbocycles. The first-order valence-corrected chi connectivity index (χ1v) is 5.83. The fourth-order valence-corrected chi connectivity index (χ4v) is 1.87. The van der Waals surface area contributed by atoms with Crippen LogP contribution in [0.3, 0.4) is 0 Å². The Morgan fingerprint density at radius 3 is 2.59 bits per heavy atom. The van der Waals surface area contributed by atoms with E-state index in [1.54, 1.807) is 18.2 Å². The van der Waals surface area contributed by atoms with Crippen molar-refractivity contribution in [3.05, 3.63) is 35.9 Å². The molecule has 1 heterocycles. The van der Waals surface area contributed by atoms with Gasteiger partial charge in [-0.2, -0.15) is 8.78 Å². The lowest BCUT2D eigenvalue weighted by atomic mass is 10.2. The van der Waals surface area contributed by atoms with E-state index >= 15 is 0 Å². The molecule has 1 saturated heterocycles. The summed E-state index contributed by atoms with van der Waals surface area (Å²) in [5, 5.41) is -1.41. The molecule has 2 rings (SSSR count). The Labute approximate surface area is 105 Å². The van der Waals surface area contributed by atoms with Crippen molar-refractivity contribution in [2.24, 2.45) is 0 Å². The van der Waals surface area contributed by atoms with Gasteiger partial charge in [-0.1, -0.05) is 34.1 Å². The SMILES string of the molecule is O=C(O[C@@H]1CO[C@H](Br)C1(F)F)c1ccccc1. The van der Waals surface area contributed by atoms with Crippen LogP contribution in [0.4, 0.5) is 8.78 Å². The number of ether oxygens (including phenoxy) is 2. The van der Waals surface area contributed by atoms with Crippen LogP contribution in [0.5, 0.6) is 0 Å². The maximum Gasteiger partial charge on any atom is 0.338 e. The lowest BCUT2D eigenvalue weighted by molar-refractivity contribution is -0.0916. The second-order valence-corrected chi connectivity index (χ2v) is 4.42. The summed E-state index contributed by atoms with van der Waals surface area (Å²) in [7, 11) is 0. The van der Waals surface area contributed by atoms with Gasteiger partial charge >= 0.3 is 11.9 Å². The minimum atomic E-state index is -3.22. The first-order chi connectivity index (χ1) is 8.01. The first kappa shape index (κ1) is 12.4. The highest BCUT2D eigenvalue weighted by Crippen LogP contribution is 2.37. The summed E-state index contributed by atoms with van der Waals surface area (Å²) in [5.41, 5.74) is 0.237. The monoisotopic (exact) mass is 306 g/mol. The summed E-state index contributed by atoms with van der Waals surface area (Å²) in [5.74, 6) is -4.00. The van der Waals surface area contributed by atoms with Crippen LogP contribution in [0.2, 0.25) is 0 Å². The summed E-state index contributed by atoms with van der Waals surface area (Å²) < 4.78 is 36.3. The Hall–Kier alpha value is -1.01. The molecule has 0 aliphatic carbocycles. The predicted octanol–water partition coefficient (Wildman–Crippen LogP) is 2.60. The molecule has 17 heavy (non-hydrogen) atoms. The van der Waals surface area contributed by atoms with E-state index in [2.05, 4.69) is 15.9 Å². The zero-order valence-electron chi connectivity index (χ0n) is 8.61. The van der Waals surface area contributed by atoms with Gasteiger partial charge in [0.25, 0.3) is 0 Å². The molecule has 0 amide bonds. The second kappa shape index (κ2) is 4.70. The third kappa shape index (κ3) is 2.47. The van der Waals surface area contributed by atoms with Gasteiger partial charge in [0.05, 0.1) is 12.2 Å². The molecule has 1 aromatic rings. The number of carbonyl (C=O) groups is 1. The number of benzene rings is 1. The van der Waals surface area contributed by atoms with E-state index in [0.717, 1.165) is 0 Å². The van der Waals surface area contributed by atoms with Gasteiger partial charge in [0, 0.05) is 0 Å². The van der Waals surface area contributed by atoms with Crippen molar-refractivity contribution >= 4 is 21.9 Å². The van der Waals surface area contributed by atoms with Gasteiger partial charge < -0.3 is 9.47 Å². The van der Waals surface area contributed by atoms with Crippen LogP contribution >= 0.6 is 15.9 Å². The van der Waals surface area contributed by atoms with Gasteiger partial charge in [0.15, 0.2) is 11.1 Å². The molecule has 0 spiro atoms. The van der Waals surface area contributed by atoms with Crippen molar-refractivity contribution < 1.29 is 23.0 Å². The molecule has 1 aliphatic rings. The Kier molecular flexibility index (Phi) is 3.44. The average molecular weight is 307 g/mol. The molecular formula is C11H9BrF2O3. The highest BCUT2D eigenvalue weighted by molar-refractivity contribution is 9.09. The highest BCUT2D eigenvalue weighted by atomic mass is 79.9. The number of carbonyl (C=O) groups excluding carboxylic acids is 1. The zero-order chi connectivity index (χ0) is 12.5. The van der Waals surface area contributed by atoms with Gasteiger partial charge in [-0.15, -0.1) is 0 Å². The highest BCUT2D eigenvalue weighted by Gasteiger charge is 2.55. The van der Waals surface area contributed by atoms with Crippen molar-refractivity contribution in [1.29, 1.82) is 0 Å². The van der Waals surface area contributed by atoms with Gasteiger partial charge in [-0.3, -0.25) is 0 Å². The Morgan fingerprint density at radius 2 is 2.06 bits per heavy atom. The topological polar surface area (TPSA) is 35.5 Å². The molecule has 1 aliphatic heterocycles. The number of rotatable bonds is 2. The molecule has 0 aromatic heterocycles. The minimum Gasteiger partial charge on any atom is -0.450 e. The molecule has 0 N–H and O–H groups in total. The molecule has 92 valence electrons. The van der Waals surface area contributed by atoms with Crippen LogP contribution in [0.1, 0.15) is 10.4 Å². The van der Waals surface area contributed by atoms with E-state index in [0.29, 0.717) is 0 Å². The van der Waals surface area contributed by atoms with E-state index in [1.165, 1.54) is 12.1 Å². The van der Waals surface area contributed by atoms with Crippen LogP contribution in [0, 0.1) is 0 Å². The zero-order valence-corrected chi connectivity index (χ0v) is 10.2. The normalized spacial score (nSPS) is 26.8.